The molecule has 182 valence electrons. The van der Waals surface area contributed by atoms with E-state index in [4.69, 9.17) is 5.11 Å². The first-order valence-corrected chi connectivity index (χ1v) is 11.7. The normalized spacial score (nSPS) is 11.8. The van der Waals surface area contributed by atoms with Crippen molar-refractivity contribution in [3.05, 3.63) is 54.6 Å². The first-order valence-electron chi connectivity index (χ1n) is 11.7. The quantitative estimate of drug-likeness (QED) is 0.119. The summed E-state index contributed by atoms with van der Waals surface area (Å²) >= 11 is 0. The van der Waals surface area contributed by atoms with Gasteiger partial charge in [-0.1, -0.05) is 43.9 Å². The molecule has 0 saturated heterocycles. The molecule has 0 amide bonds. The highest BCUT2D eigenvalue weighted by Crippen LogP contribution is 2.12. The molecule has 1 atom stereocenters. The zero-order valence-electron chi connectivity index (χ0n) is 19.3. The van der Waals surface area contributed by atoms with Crippen LogP contribution in [0.4, 0.5) is 5.69 Å². The molecule has 0 saturated carbocycles. The summed E-state index contributed by atoms with van der Waals surface area (Å²) in [6.45, 7) is 4.53. The summed E-state index contributed by atoms with van der Waals surface area (Å²) in [5.41, 5.74) is 0.969. The average Bonchev–Trinajstić information content (AvgIpc) is 2.79. The van der Waals surface area contributed by atoms with Crippen molar-refractivity contribution in [2.24, 2.45) is 0 Å². The number of carboxylic acids is 1. The number of hydrogen-bond acceptors (Lipinski definition) is 6. The average molecular weight is 460 g/mol. The second-order valence-corrected chi connectivity index (χ2v) is 7.93. The first kappa shape index (κ1) is 28.1. The lowest BCUT2D eigenvalue weighted by molar-refractivity contribution is -0.153. The predicted octanol–water partition coefficient (Wildman–Crippen LogP) is 5.26. The molecule has 0 aromatic heterocycles. The van der Waals surface area contributed by atoms with Gasteiger partial charge in [0, 0.05) is 12.2 Å². The Bertz CT molecular complexity index is 757. The van der Waals surface area contributed by atoms with Crippen molar-refractivity contribution in [3.63, 3.8) is 0 Å². The number of ether oxygens (including phenoxy) is 1. The van der Waals surface area contributed by atoms with E-state index in [0.29, 0.717) is 0 Å². The Balaban J connectivity index is 2.14. The minimum Gasteiger partial charge on any atom is -0.481 e. The fourth-order valence-corrected chi connectivity index (χ4v) is 3.14. The largest absolute Gasteiger partial charge is 0.481 e. The third-order valence-electron chi connectivity index (χ3n) is 5.03. The predicted molar refractivity (Wildman–Crippen MR) is 129 cm³/mol. The molecule has 0 fully saturated rings. The number of anilines is 1. The zero-order chi connectivity index (χ0) is 24.3. The second kappa shape index (κ2) is 17.6. The number of benzene rings is 1. The van der Waals surface area contributed by atoms with Crippen LogP contribution in [-0.2, 0) is 14.3 Å². The lowest BCUT2D eigenvalue weighted by Gasteiger charge is -2.08. The van der Waals surface area contributed by atoms with Crippen LogP contribution in [0.5, 0.6) is 0 Å². The number of aliphatic hydroxyl groups excluding tert-OH is 1. The van der Waals surface area contributed by atoms with Crippen LogP contribution in [0.15, 0.2) is 49.1 Å². The maximum absolute atomic E-state index is 11.9. The molecule has 0 aliphatic carbocycles. The number of unbranched alkanes of at least 4 members (excludes halogenated alkanes) is 8. The monoisotopic (exact) mass is 459 g/mol. The molecule has 0 aliphatic rings. The minimum atomic E-state index is -1.88. The summed E-state index contributed by atoms with van der Waals surface area (Å²) in [4.78, 5) is 33.9. The SMILES string of the molecule is C=CCCCCCCCCC=CCCCNc1ccc(C(=O)OC(=O)C(O)CC(=O)O)cc1. The molecule has 0 radical (unpaired) electrons. The number of aliphatic hydroxyl groups is 1. The number of carbonyl (C=O) groups is 3. The van der Waals surface area contributed by atoms with E-state index in [1.807, 2.05) is 6.08 Å². The molecule has 7 nitrogen and oxygen atoms in total. The van der Waals surface area contributed by atoms with E-state index in [2.05, 4.69) is 28.8 Å². The summed E-state index contributed by atoms with van der Waals surface area (Å²) < 4.78 is 4.50. The van der Waals surface area contributed by atoms with Crippen molar-refractivity contribution in [3.8, 4) is 0 Å². The second-order valence-electron chi connectivity index (χ2n) is 7.93. The highest BCUT2D eigenvalue weighted by molar-refractivity contribution is 5.98. The molecule has 1 aromatic rings. The van der Waals surface area contributed by atoms with Crippen LogP contribution in [0.3, 0.4) is 0 Å². The number of esters is 2. The Morgan fingerprint density at radius 1 is 0.909 bits per heavy atom. The van der Waals surface area contributed by atoms with E-state index < -0.39 is 30.4 Å². The van der Waals surface area contributed by atoms with Gasteiger partial charge in [0.05, 0.1) is 12.0 Å². The van der Waals surface area contributed by atoms with Gasteiger partial charge in [0.15, 0.2) is 6.10 Å². The molecule has 7 heteroatoms. The van der Waals surface area contributed by atoms with E-state index in [9.17, 15) is 19.5 Å². The maximum atomic E-state index is 11.9. The minimum absolute atomic E-state index is 0.135. The van der Waals surface area contributed by atoms with E-state index in [-0.39, 0.29) is 5.56 Å². The fraction of sp³-hybridized carbons (Fsp3) is 0.500. The van der Waals surface area contributed by atoms with Gasteiger partial charge in [-0.05, 0) is 62.8 Å². The summed E-state index contributed by atoms with van der Waals surface area (Å²) in [7, 11) is 0. The number of rotatable bonds is 18. The van der Waals surface area contributed by atoms with E-state index in [1.165, 1.54) is 50.7 Å². The van der Waals surface area contributed by atoms with Gasteiger partial charge in [-0.3, -0.25) is 4.79 Å². The van der Waals surface area contributed by atoms with Crippen molar-refractivity contribution in [2.45, 2.75) is 76.7 Å². The Kier molecular flexibility index (Phi) is 15.0. The third kappa shape index (κ3) is 14.0. The van der Waals surface area contributed by atoms with Crippen LogP contribution in [0.25, 0.3) is 0 Å². The summed E-state index contributed by atoms with van der Waals surface area (Å²) in [6, 6.07) is 6.39. The van der Waals surface area contributed by atoms with Crippen molar-refractivity contribution >= 4 is 23.6 Å². The van der Waals surface area contributed by atoms with Gasteiger partial charge >= 0.3 is 17.9 Å². The molecule has 0 aliphatic heterocycles. The lowest BCUT2D eigenvalue weighted by Crippen LogP contribution is -2.28. The van der Waals surface area contributed by atoms with E-state index in [0.717, 1.165) is 37.9 Å². The highest BCUT2D eigenvalue weighted by atomic mass is 16.6. The first-order chi connectivity index (χ1) is 15.9. The molecule has 1 aromatic carbocycles. The van der Waals surface area contributed by atoms with Crippen molar-refractivity contribution in [2.75, 3.05) is 11.9 Å². The number of aliphatic carboxylic acids is 1. The Labute approximate surface area is 196 Å². The van der Waals surface area contributed by atoms with Crippen molar-refractivity contribution < 1.29 is 29.3 Å². The molecule has 0 bridgehead atoms. The Morgan fingerprint density at radius 2 is 1.48 bits per heavy atom. The van der Waals surface area contributed by atoms with Crippen LogP contribution >= 0.6 is 0 Å². The fourth-order valence-electron chi connectivity index (χ4n) is 3.14. The number of hydrogen-bond donors (Lipinski definition) is 3. The van der Waals surface area contributed by atoms with Crippen LogP contribution in [-0.4, -0.2) is 40.8 Å². The Hall–Kier alpha value is -2.93. The number of carbonyl (C=O) groups excluding carboxylic acids is 2. The standard InChI is InChI=1S/C26H37NO6/c1-2-3-4-5-6-7-8-9-10-11-12-13-14-19-27-22-17-15-21(16-18-22)25(31)33-26(32)23(28)20-24(29)30/h2,11-12,15-18,23,27-28H,1,3-10,13-14,19-20H2,(H,29,30). The summed E-state index contributed by atoms with van der Waals surface area (Å²) in [6.07, 6.45) is 15.8. The summed E-state index contributed by atoms with van der Waals surface area (Å²) in [5.74, 6) is -3.58. The number of carboxylic acid groups (broad SMARTS) is 1. The molecule has 1 unspecified atom stereocenters. The van der Waals surface area contributed by atoms with Gasteiger partial charge in [0.25, 0.3) is 0 Å². The van der Waals surface area contributed by atoms with Gasteiger partial charge in [0.2, 0.25) is 0 Å². The van der Waals surface area contributed by atoms with Gasteiger partial charge in [0.1, 0.15) is 0 Å². The maximum Gasteiger partial charge on any atom is 0.345 e. The van der Waals surface area contributed by atoms with Gasteiger partial charge in [-0.2, -0.15) is 0 Å². The van der Waals surface area contributed by atoms with Crippen molar-refractivity contribution in [1.82, 2.24) is 0 Å². The molecule has 0 spiro atoms. The lowest BCUT2D eigenvalue weighted by atomic mass is 10.1. The van der Waals surface area contributed by atoms with Crippen LogP contribution in [0, 0.1) is 0 Å². The molecule has 3 N–H and O–H groups in total. The summed E-state index contributed by atoms with van der Waals surface area (Å²) in [5, 5.41) is 21.2. The third-order valence-corrected chi connectivity index (χ3v) is 5.03. The van der Waals surface area contributed by atoms with Crippen LogP contribution in [0.1, 0.15) is 81.0 Å². The van der Waals surface area contributed by atoms with E-state index in [1.54, 1.807) is 12.1 Å². The van der Waals surface area contributed by atoms with Gasteiger partial charge in [-0.25, -0.2) is 9.59 Å². The van der Waals surface area contributed by atoms with Crippen LogP contribution < -0.4 is 5.32 Å². The van der Waals surface area contributed by atoms with Gasteiger partial charge in [-0.15, -0.1) is 6.58 Å². The van der Waals surface area contributed by atoms with Crippen LogP contribution in [0.2, 0.25) is 0 Å². The highest BCUT2D eigenvalue weighted by Gasteiger charge is 2.23. The molecule has 33 heavy (non-hydrogen) atoms. The molecular weight excluding hydrogens is 422 g/mol. The smallest absolute Gasteiger partial charge is 0.345 e. The Morgan fingerprint density at radius 3 is 2.09 bits per heavy atom. The van der Waals surface area contributed by atoms with Gasteiger partial charge < -0.3 is 20.3 Å². The topological polar surface area (TPSA) is 113 Å². The molecule has 0 heterocycles. The number of allylic oxidation sites excluding steroid dienone is 3. The van der Waals surface area contributed by atoms with Crippen molar-refractivity contribution in [1.29, 1.82) is 0 Å². The van der Waals surface area contributed by atoms with E-state index >= 15 is 0 Å². The molecular formula is C26H37NO6. The zero-order valence-corrected chi connectivity index (χ0v) is 19.3. The molecule has 1 rings (SSSR count). The number of nitrogens with one attached hydrogen (secondary N) is 1.